The molecule has 2 amide bonds. The Kier molecular flexibility index (Phi) is 6.75. The fourth-order valence-electron chi connectivity index (χ4n) is 3.20. The quantitative estimate of drug-likeness (QED) is 0.788. The van der Waals surface area contributed by atoms with Crippen molar-refractivity contribution in [1.82, 2.24) is 10.2 Å². The van der Waals surface area contributed by atoms with Crippen LogP contribution in [0.1, 0.15) is 23.2 Å². The van der Waals surface area contributed by atoms with E-state index in [1.165, 1.54) is 0 Å². The number of hydrogen-bond acceptors (Lipinski definition) is 4. The Morgan fingerprint density at radius 3 is 2.58 bits per heavy atom. The molecule has 0 unspecified atom stereocenters. The summed E-state index contributed by atoms with van der Waals surface area (Å²) in [5.41, 5.74) is 0.566. The van der Waals surface area contributed by atoms with Crippen LogP contribution in [0, 0.1) is 5.92 Å². The number of carbonyl (C=O) groups is 2. The first-order valence-corrected chi connectivity index (χ1v) is 9.51. The Morgan fingerprint density at radius 1 is 1.15 bits per heavy atom. The average molecular weight is 401 g/mol. The SMILES string of the molecule is O=C(c1ccc(Cl)c(Cl)c1)C1CCN(C(=O)NC[C@H]2COCCO2)CC1. The minimum Gasteiger partial charge on any atom is -0.376 e. The number of piperidine rings is 1. The molecule has 0 saturated carbocycles. The van der Waals surface area contributed by atoms with Gasteiger partial charge in [-0.3, -0.25) is 4.79 Å². The molecule has 2 saturated heterocycles. The highest BCUT2D eigenvalue weighted by atomic mass is 35.5. The molecule has 3 rings (SSSR count). The lowest BCUT2D eigenvalue weighted by Crippen LogP contribution is -2.48. The van der Waals surface area contributed by atoms with Crippen LogP contribution in [0.15, 0.2) is 18.2 Å². The third-order valence-electron chi connectivity index (χ3n) is 4.72. The number of rotatable bonds is 4. The van der Waals surface area contributed by atoms with Gasteiger partial charge in [-0.25, -0.2) is 4.79 Å². The first-order valence-electron chi connectivity index (χ1n) is 8.76. The molecular formula is C18H22Cl2N2O4. The summed E-state index contributed by atoms with van der Waals surface area (Å²) in [6.07, 6.45) is 1.17. The summed E-state index contributed by atoms with van der Waals surface area (Å²) in [5.74, 6) is -0.0530. The number of nitrogens with zero attached hydrogens (tertiary/aromatic N) is 1. The van der Waals surface area contributed by atoms with Crippen molar-refractivity contribution in [3.63, 3.8) is 0 Å². The second kappa shape index (κ2) is 9.04. The lowest BCUT2D eigenvalue weighted by Gasteiger charge is -2.32. The van der Waals surface area contributed by atoms with Gasteiger partial charge in [0.05, 0.1) is 36.0 Å². The van der Waals surface area contributed by atoms with E-state index in [1.54, 1.807) is 23.1 Å². The molecule has 8 heteroatoms. The first kappa shape index (κ1) is 19.4. The number of Topliss-reactive ketones (excluding diaryl/α,β-unsaturated/α-hetero) is 1. The number of nitrogens with one attached hydrogen (secondary N) is 1. The normalized spacial score (nSPS) is 21.5. The molecule has 2 aliphatic heterocycles. The van der Waals surface area contributed by atoms with Crippen molar-refractivity contribution in [1.29, 1.82) is 0 Å². The minimum atomic E-state index is -0.125. The van der Waals surface area contributed by atoms with Gasteiger partial charge in [-0.15, -0.1) is 0 Å². The van der Waals surface area contributed by atoms with Crippen molar-refractivity contribution in [2.45, 2.75) is 18.9 Å². The van der Waals surface area contributed by atoms with E-state index in [0.717, 1.165) is 0 Å². The van der Waals surface area contributed by atoms with Gasteiger partial charge in [0.15, 0.2) is 5.78 Å². The van der Waals surface area contributed by atoms with Gasteiger partial charge in [0.2, 0.25) is 0 Å². The molecule has 1 aromatic carbocycles. The van der Waals surface area contributed by atoms with E-state index in [-0.39, 0.29) is 23.8 Å². The van der Waals surface area contributed by atoms with Gasteiger partial charge in [-0.05, 0) is 31.0 Å². The van der Waals surface area contributed by atoms with E-state index in [9.17, 15) is 9.59 Å². The second-order valence-corrected chi connectivity index (χ2v) is 7.32. The molecule has 2 aliphatic rings. The number of benzene rings is 1. The Balaban J connectivity index is 1.46. The Bertz CT molecular complexity index is 657. The van der Waals surface area contributed by atoms with Crippen molar-refractivity contribution < 1.29 is 19.1 Å². The minimum absolute atomic E-state index is 0.0522. The first-order chi connectivity index (χ1) is 12.5. The Hall–Kier alpha value is -1.34. The molecule has 142 valence electrons. The smallest absolute Gasteiger partial charge is 0.317 e. The highest BCUT2D eigenvalue weighted by Crippen LogP contribution is 2.27. The van der Waals surface area contributed by atoms with Crippen LogP contribution >= 0.6 is 23.2 Å². The number of hydrogen-bond donors (Lipinski definition) is 1. The Morgan fingerprint density at radius 2 is 1.92 bits per heavy atom. The predicted octanol–water partition coefficient (Wildman–Crippen LogP) is 3.01. The molecule has 1 aromatic rings. The van der Waals surface area contributed by atoms with Gasteiger partial charge in [0, 0.05) is 31.1 Å². The molecule has 6 nitrogen and oxygen atoms in total. The summed E-state index contributed by atoms with van der Waals surface area (Å²) in [6.45, 7) is 3.19. The number of urea groups is 1. The highest BCUT2D eigenvalue weighted by Gasteiger charge is 2.28. The number of halogens is 2. The van der Waals surface area contributed by atoms with E-state index in [2.05, 4.69) is 5.32 Å². The summed E-state index contributed by atoms with van der Waals surface area (Å²) < 4.78 is 10.8. The standard InChI is InChI=1S/C18H22Cl2N2O4/c19-15-2-1-13(9-16(15)20)17(23)12-3-5-22(6-4-12)18(24)21-10-14-11-25-7-8-26-14/h1-2,9,12,14H,3-8,10-11H2,(H,21,24)/t14-/m0/s1. The van der Waals surface area contributed by atoms with Gasteiger partial charge in [-0.1, -0.05) is 23.2 Å². The summed E-state index contributed by atoms with van der Waals surface area (Å²) in [4.78, 5) is 26.6. The lowest BCUT2D eigenvalue weighted by molar-refractivity contribution is -0.0856. The third kappa shape index (κ3) is 4.88. The fraction of sp³-hybridized carbons (Fsp3) is 0.556. The molecule has 2 heterocycles. The summed E-state index contributed by atoms with van der Waals surface area (Å²) >= 11 is 11.9. The maximum atomic E-state index is 12.6. The second-order valence-electron chi connectivity index (χ2n) is 6.51. The van der Waals surface area contributed by atoms with Crippen molar-refractivity contribution in [3.05, 3.63) is 33.8 Å². The number of likely N-dealkylation sites (tertiary alicyclic amines) is 1. The molecule has 1 N–H and O–H groups in total. The largest absolute Gasteiger partial charge is 0.376 e. The summed E-state index contributed by atoms with van der Waals surface area (Å²) in [6, 6.07) is 4.82. The van der Waals surface area contributed by atoms with Crippen LogP contribution < -0.4 is 5.32 Å². The lowest BCUT2D eigenvalue weighted by atomic mass is 9.89. The number of carbonyl (C=O) groups excluding carboxylic acids is 2. The summed E-state index contributed by atoms with van der Waals surface area (Å²) in [7, 11) is 0. The van der Waals surface area contributed by atoms with Crippen LogP contribution in [0.3, 0.4) is 0 Å². The van der Waals surface area contributed by atoms with Gasteiger partial charge < -0.3 is 19.7 Å². The predicted molar refractivity (Wildman–Crippen MR) is 99.0 cm³/mol. The number of ether oxygens (including phenoxy) is 2. The molecule has 0 radical (unpaired) electrons. The third-order valence-corrected chi connectivity index (χ3v) is 5.46. The van der Waals surface area contributed by atoms with Crippen molar-refractivity contribution in [2.24, 2.45) is 5.92 Å². The van der Waals surface area contributed by atoms with Crippen molar-refractivity contribution in [3.8, 4) is 0 Å². The molecular weight excluding hydrogens is 379 g/mol. The van der Waals surface area contributed by atoms with E-state index < -0.39 is 0 Å². The van der Waals surface area contributed by atoms with Crippen LogP contribution in [0.4, 0.5) is 4.79 Å². The van der Waals surface area contributed by atoms with Crippen molar-refractivity contribution in [2.75, 3.05) is 39.5 Å². The van der Waals surface area contributed by atoms with Crippen LogP contribution in [-0.2, 0) is 9.47 Å². The monoisotopic (exact) mass is 400 g/mol. The number of ketones is 1. The molecule has 0 aromatic heterocycles. The molecule has 2 fully saturated rings. The number of amides is 2. The zero-order chi connectivity index (χ0) is 18.5. The zero-order valence-electron chi connectivity index (χ0n) is 14.4. The van der Waals surface area contributed by atoms with Crippen LogP contribution in [-0.4, -0.2) is 62.3 Å². The molecule has 0 bridgehead atoms. The molecule has 1 atom stereocenters. The summed E-state index contributed by atoms with van der Waals surface area (Å²) in [5, 5.41) is 3.69. The topological polar surface area (TPSA) is 67.9 Å². The van der Waals surface area contributed by atoms with Gasteiger partial charge in [0.1, 0.15) is 0 Å². The highest BCUT2D eigenvalue weighted by molar-refractivity contribution is 6.42. The van der Waals surface area contributed by atoms with Crippen LogP contribution in [0.5, 0.6) is 0 Å². The van der Waals surface area contributed by atoms with Gasteiger partial charge in [-0.2, -0.15) is 0 Å². The molecule has 0 aliphatic carbocycles. The van der Waals surface area contributed by atoms with E-state index in [0.29, 0.717) is 67.9 Å². The van der Waals surface area contributed by atoms with E-state index in [1.807, 2.05) is 0 Å². The molecule has 0 spiro atoms. The zero-order valence-corrected chi connectivity index (χ0v) is 15.9. The van der Waals surface area contributed by atoms with Crippen molar-refractivity contribution >= 4 is 35.0 Å². The van der Waals surface area contributed by atoms with E-state index >= 15 is 0 Å². The van der Waals surface area contributed by atoms with E-state index in [4.69, 9.17) is 32.7 Å². The Labute approximate surface area is 162 Å². The average Bonchev–Trinajstić information content (AvgIpc) is 2.68. The van der Waals surface area contributed by atoms with Gasteiger partial charge >= 0.3 is 6.03 Å². The molecule has 26 heavy (non-hydrogen) atoms. The maximum Gasteiger partial charge on any atom is 0.317 e. The fourth-order valence-corrected chi connectivity index (χ4v) is 3.50. The maximum absolute atomic E-state index is 12.6. The van der Waals surface area contributed by atoms with Gasteiger partial charge in [0.25, 0.3) is 0 Å². The van der Waals surface area contributed by atoms with Crippen LogP contribution in [0.25, 0.3) is 0 Å². The van der Waals surface area contributed by atoms with Crippen LogP contribution in [0.2, 0.25) is 10.0 Å².